The molecule has 106 valence electrons. The van der Waals surface area contributed by atoms with Gasteiger partial charge in [0.1, 0.15) is 5.82 Å². The Morgan fingerprint density at radius 1 is 1.30 bits per heavy atom. The Balaban J connectivity index is 1.77. The van der Waals surface area contributed by atoms with E-state index < -0.39 is 0 Å². The predicted molar refractivity (Wildman–Crippen MR) is 79.3 cm³/mol. The summed E-state index contributed by atoms with van der Waals surface area (Å²) < 4.78 is 5.44. The molecule has 0 atom stereocenters. The normalized spacial score (nSPS) is 16.7. The summed E-state index contributed by atoms with van der Waals surface area (Å²) in [4.78, 5) is 10.0. The number of nitrogens with zero attached hydrogens (tertiary/aromatic N) is 2. The van der Waals surface area contributed by atoms with E-state index in [1.165, 1.54) is 11.1 Å². The molecule has 0 bridgehead atoms. The lowest BCUT2D eigenvalue weighted by atomic mass is 10.0. The fraction of sp³-hybridized carbons (Fsp3) is 0.438. The number of hydrogen-bond donors (Lipinski definition) is 1. The second kappa shape index (κ2) is 6.20. The summed E-state index contributed by atoms with van der Waals surface area (Å²) in [5, 5.41) is 0. The van der Waals surface area contributed by atoms with E-state index in [0.717, 1.165) is 38.4 Å². The van der Waals surface area contributed by atoms with Gasteiger partial charge in [-0.15, -0.1) is 0 Å². The smallest absolute Gasteiger partial charge is 0.137 e. The van der Waals surface area contributed by atoms with E-state index in [0.29, 0.717) is 6.04 Å². The lowest BCUT2D eigenvalue weighted by molar-refractivity contribution is 0.0407. The molecule has 1 aromatic carbocycles. The van der Waals surface area contributed by atoms with E-state index in [-0.39, 0.29) is 0 Å². The zero-order chi connectivity index (χ0) is 13.8. The number of ether oxygens (including phenoxy) is 1. The molecule has 0 aliphatic carbocycles. The third kappa shape index (κ3) is 2.92. The summed E-state index contributed by atoms with van der Waals surface area (Å²) in [5.74, 6) is 0.945. The van der Waals surface area contributed by atoms with Crippen LogP contribution >= 0.6 is 0 Å². The van der Waals surface area contributed by atoms with E-state index in [4.69, 9.17) is 4.74 Å². The Morgan fingerprint density at radius 3 is 2.85 bits per heavy atom. The van der Waals surface area contributed by atoms with E-state index in [1.54, 1.807) is 6.20 Å². The number of benzene rings is 1. The van der Waals surface area contributed by atoms with Gasteiger partial charge in [-0.2, -0.15) is 0 Å². The molecule has 4 nitrogen and oxygen atoms in total. The average molecular weight is 271 g/mol. The van der Waals surface area contributed by atoms with Crippen molar-refractivity contribution in [3.05, 3.63) is 42.2 Å². The minimum absolute atomic E-state index is 0.619. The maximum atomic E-state index is 5.44. The first-order valence-corrected chi connectivity index (χ1v) is 7.20. The first-order chi connectivity index (χ1) is 9.84. The van der Waals surface area contributed by atoms with Crippen LogP contribution in [0.15, 0.2) is 36.7 Å². The predicted octanol–water partition coefficient (Wildman–Crippen LogP) is 2.69. The van der Waals surface area contributed by atoms with Crippen LogP contribution in [0.2, 0.25) is 0 Å². The highest BCUT2D eigenvalue weighted by Crippen LogP contribution is 2.23. The van der Waals surface area contributed by atoms with Crippen molar-refractivity contribution in [2.75, 3.05) is 20.3 Å². The van der Waals surface area contributed by atoms with Crippen molar-refractivity contribution in [3.63, 3.8) is 0 Å². The lowest BCUT2D eigenvalue weighted by Gasteiger charge is -2.31. The summed E-state index contributed by atoms with van der Waals surface area (Å²) >= 11 is 0. The molecule has 1 aliphatic rings. The maximum Gasteiger partial charge on any atom is 0.137 e. The van der Waals surface area contributed by atoms with Crippen LogP contribution in [0.5, 0.6) is 0 Å². The third-order valence-electron chi connectivity index (χ3n) is 4.00. The van der Waals surface area contributed by atoms with Crippen LogP contribution < -0.4 is 0 Å². The summed E-state index contributed by atoms with van der Waals surface area (Å²) in [6, 6.07) is 9.10. The molecule has 0 saturated carbocycles. The molecule has 3 rings (SSSR count). The van der Waals surface area contributed by atoms with Crippen molar-refractivity contribution in [1.29, 1.82) is 0 Å². The van der Waals surface area contributed by atoms with Gasteiger partial charge in [0.05, 0.1) is 0 Å². The largest absolute Gasteiger partial charge is 0.381 e. The Morgan fingerprint density at radius 2 is 2.10 bits per heavy atom. The van der Waals surface area contributed by atoms with Gasteiger partial charge in [-0.1, -0.05) is 24.3 Å². The molecule has 4 heteroatoms. The number of aromatic amines is 1. The van der Waals surface area contributed by atoms with Crippen LogP contribution in [0.3, 0.4) is 0 Å². The molecule has 20 heavy (non-hydrogen) atoms. The van der Waals surface area contributed by atoms with Gasteiger partial charge < -0.3 is 9.72 Å². The first-order valence-electron chi connectivity index (χ1n) is 7.20. The highest BCUT2D eigenvalue weighted by Gasteiger charge is 2.19. The molecule has 2 heterocycles. The highest BCUT2D eigenvalue weighted by atomic mass is 16.5. The molecule has 0 unspecified atom stereocenters. The third-order valence-corrected chi connectivity index (χ3v) is 4.00. The van der Waals surface area contributed by atoms with E-state index >= 15 is 0 Å². The SMILES string of the molecule is CN(Cc1ccccc1-c1ncc[nH]1)C1CCOCC1. The molecule has 1 fully saturated rings. The van der Waals surface area contributed by atoms with Gasteiger partial charge in [0.2, 0.25) is 0 Å². The molecular weight excluding hydrogens is 250 g/mol. The van der Waals surface area contributed by atoms with Crippen LogP contribution in [-0.2, 0) is 11.3 Å². The van der Waals surface area contributed by atoms with Crippen molar-refractivity contribution in [2.24, 2.45) is 0 Å². The van der Waals surface area contributed by atoms with Crippen molar-refractivity contribution in [3.8, 4) is 11.4 Å². The number of H-pyrrole nitrogens is 1. The Labute approximate surface area is 119 Å². The van der Waals surface area contributed by atoms with Crippen LogP contribution in [0.1, 0.15) is 18.4 Å². The summed E-state index contributed by atoms with van der Waals surface area (Å²) in [7, 11) is 2.20. The summed E-state index contributed by atoms with van der Waals surface area (Å²) in [6.45, 7) is 2.71. The van der Waals surface area contributed by atoms with Crippen molar-refractivity contribution in [1.82, 2.24) is 14.9 Å². The van der Waals surface area contributed by atoms with Crippen LogP contribution in [0.4, 0.5) is 0 Å². The first kappa shape index (κ1) is 13.3. The molecule has 1 N–H and O–H groups in total. The average Bonchev–Trinajstić information content (AvgIpc) is 3.03. The van der Waals surface area contributed by atoms with Gasteiger partial charge in [-0.25, -0.2) is 4.98 Å². The number of nitrogens with one attached hydrogen (secondary N) is 1. The van der Waals surface area contributed by atoms with Gasteiger partial charge >= 0.3 is 0 Å². The molecule has 1 aromatic heterocycles. The van der Waals surface area contributed by atoms with Gasteiger partial charge in [0.25, 0.3) is 0 Å². The molecular formula is C16H21N3O. The molecule has 0 amide bonds. The number of hydrogen-bond acceptors (Lipinski definition) is 3. The lowest BCUT2D eigenvalue weighted by Crippen LogP contribution is -2.36. The van der Waals surface area contributed by atoms with E-state index in [2.05, 4.69) is 46.2 Å². The number of aromatic nitrogens is 2. The van der Waals surface area contributed by atoms with Gasteiger partial charge in [0.15, 0.2) is 0 Å². The minimum Gasteiger partial charge on any atom is -0.381 e. The summed E-state index contributed by atoms with van der Waals surface area (Å²) in [6.07, 6.45) is 5.92. The van der Waals surface area contributed by atoms with E-state index in [9.17, 15) is 0 Å². The fourth-order valence-corrected chi connectivity index (χ4v) is 2.83. The second-order valence-electron chi connectivity index (χ2n) is 5.35. The number of imidazole rings is 1. The van der Waals surface area contributed by atoms with Crippen molar-refractivity contribution >= 4 is 0 Å². The standard InChI is InChI=1S/C16H21N3O/c1-19(14-6-10-20-11-7-14)12-13-4-2-3-5-15(13)16-17-8-9-18-16/h2-5,8-9,14H,6-7,10-12H2,1H3,(H,17,18). The van der Waals surface area contributed by atoms with Crippen LogP contribution in [0.25, 0.3) is 11.4 Å². The Hall–Kier alpha value is -1.65. The highest BCUT2D eigenvalue weighted by molar-refractivity contribution is 5.59. The number of rotatable bonds is 4. The molecule has 0 spiro atoms. The second-order valence-corrected chi connectivity index (χ2v) is 5.35. The van der Waals surface area contributed by atoms with Gasteiger partial charge in [0, 0.05) is 43.8 Å². The molecule has 1 aliphatic heterocycles. The monoisotopic (exact) mass is 271 g/mol. The van der Waals surface area contributed by atoms with Gasteiger partial charge in [-0.05, 0) is 25.5 Å². The summed E-state index contributed by atoms with van der Waals surface area (Å²) in [5.41, 5.74) is 2.51. The minimum atomic E-state index is 0.619. The zero-order valence-corrected chi connectivity index (χ0v) is 11.9. The van der Waals surface area contributed by atoms with Crippen LogP contribution in [-0.4, -0.2) is 41.2 Å². The Bertz CT molecular complexity index is 532. The van der Waals surface area contributed by atoms with Crippen molar-refractivity contribution in [2.45, 2.75) is 25.4 Å². The fourth-order valence-electron chi connectivity index (χ4n) is 2.83. The molecule has 2 aromatic rings. The zero-order valence-electron chi connectivity index (χ0n) is 11.9. The quantitative estimate of drug-likeness (QED) is 0.929. The van der Waals surface area contributed by atoms with E-state index in [1.807, 2.05) is 6.20 Å². The van der Waals surface area contributed by atoms with Crippen molar-refractivity contribution < 1.29 is 4.74 Å². The van der Waals surface area contributed by atoms with Gasteiger partial charge in [-0.3, -0.25) is 4.90 Å². The van der Waals surface area contributed by atoms with Crippen LogP contribution in [0, 0.1) is 0 Å². The molecule has 0 radical (unpaired) electrons. The topological polar surface area (TPSA) is 41.2 Å². The Kier molecular flexibility index (Phi) is 4.14. The molecule has 1 saturated heterocycles. The maximum absolute atomic E-state index is 5.44.